The number of rotatable bonds is 5. The summed E-state index contributed by atoms with van der Waals surface area (Å²) in [5.74, 6) is 0.672. The number of carbonyl (C=O) groups excluding carboxylic acids is 1. The molecule has 30 heavy (non-hydrogen) atoms. The molecule has 1 aromatic heterocycles. The quantitative estimate of drug-likeness (QED) is 0.405. The highest BCUT2D eigenvalue weighted by Gasteiger charge is 2.27. The monoisotopic (exact) mass is 395 g/mol. The predicted molar refractivity (Wildman–Crippen MR) is 120 cm³/mol. The van der Waals surface area contributed by atoms with Crippen molar-refractivity contribution in [2.24, 2.45) is 0 Å². The molecule has 0 aliphatic carbocycles. The summed E-state index contributed by atoms with van der Waals surface area (Å²) in [5, 5.41) is 0. The highest BCUT2D eigenvalue weighted by molar-refractivity contribution is 6.12. The van der Waals surface area contributed by atoms with E-state index in [0.717, 1.165) is 11.4 Å². The minimum absolute atomic E-state index is 0.216. The number of benzene rings is 3. The molecule has 4 aromatic rings. The van der Waals surface area contributed by atoms with Crippen LogP contribution in [-0.4, -0.2) is 18.1 Å². The van der Waals surface area contributed by atoms with Gasteiger partial charge in [-0.1, -0.05) is 42.5 Å². The maximum absolute atomic E-state index is 14.0. The largest absolute Gasteiger partial charge is 0.497 e. The molecule has 5 nitrogen and oxygen atoms in total. The summed E-state index contributed by atoms with van der Waals surface area (Å²) in [6.45, 7) is 0. The third-order valence-electron chi connectivity index (χ3n) is 4.64. The Hall–Kier alpha value is -4.12. The van der Waals surface area contributed by atoms with Crippen molar-refractivity contribution in [2.75, 3.05) is 16.9 Å². The van der Waals surface area contributed by atoms with Crippen molar-refractivity contribution in [3.8, 4) is 5.75 Å². The molecule has 3 aromatic carbocycles. The lowest BCUT2D eigenvalue weighted by Gasteiger charge is -2.31. The van der Waals surface area contributed by atoms with Crippen LogP contribution in [0.5, 0.6) is 5.75 Å². The normalized spacial score (nSPS) is 10.3. The summed E-state index contributed by atoms with van der Waals surface area (Å²) in [5.41, 5.74) is 2.95. The second-order valence-electron chi connectivity index (χ2n) is 6.53. The summed E-state index contributed by atoms with van der Waals surface area (Å²) in [7, 11) is 1.61. The third kappa shape index (κ3) is 4.00. The molecule has 0 atom stereocenters. The molecule has 2 amide bonds. The summed E-state index contributed by atoms with van der Waals surface area (Å²) in [6, 6.07) is 30.1. The molecule has 0 spiro atoms. The van der Waals surface area contributed by atoms with Gasteiger partial charge in [-0.25, -0.2) is 4.79 Å². The number of amides is 2. The van der Waals surface area contributed by atoms with Gasteiger partial charge in [-0.3, -0.25) is 14.8 Å². The smallest absolute Gasteiger partial charge is 0.338 e. The lowest BCUT2D eigenvalue weighted by molar-refractivity contribution is 0.255. The highest BCUT2D eigenvalue weighted by Crippen LogP contribution is 2.33. The van der Waals surface area contributed by atoms with Crippen LogP contribution in [0.15, 0.2) is 109 Å². The number of urea groups is 1. The van der Waals surface area contributed by atoms with Crippen LogP contribution >= 0.6 is 0 Å². The molecule has 0 bridgehead atoms. The fraction of sp³-hybridized carbons (Fsp3) is 0.0400. The van der Waals surface area contributed by atoms with Crippen LogP contribution in [0.2, 0.25) is 0 Å². The van der Waals surface area contributed by atoms with E-state index in [0.29, 0.717) is 17.1 Å². The average Bonchev–Trinajstić information content (AvgIpc) is 2.82. The molecule has 1 heterocycles. The lowest BCUT2D eigenvalue weighted by atomic mass is 10.2. The molecular formula is C25H21N3O2. The summed E-state index contributed by atoms with van der Waals surface area (Å²) >= 11 is 0. The van der Waals surface area contributed by atoms with E-state index in [4.69, 9.17) is 4.74 Å². The van der Waals surface area contributed by atoms with Gasteiger partial charge in [0.2, 0.25) is 0 Å². The fourth-order valence-electron chi connectivity index (χ4n) is 3.24. The van der Waals surface area contributed by atoms with E-state index in [1.807, 2.05) is 97.1 Å². The first-order chi connectivity index (χ1) is 14.8. The van der Waals surface area contributed by atoms with Crippen molar-refractivity contribution in [3.63, 3.8) is 0 Å². The van der Waals surface area contributed by atoms with E-state index < -0.39 is 0 Å². The number of hydrogen-bond donors (Lipinski definition) is 0. The number of para-hydroxylation sites is 2. The molecule has 0 aliphatic heterocycles. The topological polar surface area (TPSA) is 45.7 Å². The number of aromatic nitrogens is 1. The number of anilines is 4. The van der Waals surface area contributed by atoms with Crippen molar-refractivity contribution in [1.82, 2.24) is 4.98 Å². The maximum Gasteiger partial charge on any atom is 0.338 e. The number of carbonyl (C=O) groups is 1. The van der Waals surface area contributed by atoms with E-state index in [1.54, 1.807) is 29.3 Å². The van der Waals surface area contributed by atoms with Crippen molar-refractivity contribution in [1.29, 1.82) is 0 Å². The fourth-order valence-corrected chi connectivity index (χ4v) is 3.24. The zero-order chi connectivity index (χ0) is 20.8. The Kier molecular flexibility index (Phi) is 5.71. The van der Waals surface area contributed by atoms with Crippen molar-refractivity contribution in [2.45, 2.75) is 0 Å². The van der Waals surface area contributed by atoms with E-state index in [9.17, 15) is 4.79 Å². The molecule has 0 saturated carbocycles. The first kappa shape index (κ1) is 19.2. The van der Waals surface area contributed by atoms with Crippen LogP contribution in [-0.2, 0) is 0 Å². The van der Waals surface area contributed by atoms with Gasteiger partial charge in [0.15, 0.2) is 0 Å². The van der Waals surface area contributed by atoms with Crippen molar-refractivity contribution < 1.29 is 9.53 Å². The Balaban J connectivity index is 1.87. The molecule has 0 fully saturated rings. The second kappa shape index (κ2) is 8.92. The van der Waals surface area contributed by atoms with Crippen LogP contribution in [0.1, 0.15) is 0 Å². The van der Waals surface area contributed by atoms with E-state index in [1.165, 1.54) is 0 Å². The zero-order valence-corrected chi connectivity index (χ0v) is 16.6. The minimum Gasteiger partial charge on any atom is -0.497 e. The summed E-state index contributed by atoms with van der Waals surface area (Å²) in [4.78, 5) is 21.5. The van der Waals surface area contributed by atoms with Crippen LogP contribution in [0.25, 0.3) is 0 Å². The molecule has 0 unspecified atom stereocenters. The summed E-state index contributed by atoms with van der Waals surface area (Å²) < 4.78 is 5.39. The highest BCUT2D eigenvalue weighted by atomic mass is 16.5. The Morgan fingerprint density at radius 2 is 1.17 bits per heavy atom. The number of hydrogen-bond acceptors (Lipinski definition) is 3. The zero-order valence-electron chi connectivity index (χ0n) is 16.6. The lowest BCUT2D eigenvalue weighted by Crippen LogP contribution is -2.38. The van der Waals surface area contributed by atoms with Gasteiger partial charge < -0.3 is 4.74 Å². The van der Waals surface area contributed by atoms with Gasteiger partial charge in [-0.2, -0.15) is 0 Å². The third-order valence-corrected chi connectivity index (χ3v) is 4.64. The minimum atomic E-state index is -0.216. The Labute approximate surface area is 175 Å². The van der Waals surface area contributed by atoms with Gasteiger partial charge >= 0.3 is 6.03 Å². The number of ether oxygens (including phenoxy) is 1. The maximum atomic E-state index is 14.0. The Morgan fingerprint density at radius 3 is 1.73 bits per heavy atom. The molecule has 148 valence electrons. The van der Waals surface area contributed by atoms with Gasteiger partial charge in [-0.05, 0) is 48.5 Å². The van der Waals surface area contributed by atoms with E-state index in [2.05, 4.69) is 4.98 Å². The molecule has 5 heteroatoms. The van der Waals surface area contributed by atoms with E-state index >= 15 is 0 Å². The van der Waals surface area contributed by atoms with Crippen molar-refractivity contribution in [3.05, 3.63) is 109 Å². The molecule has 4 rings (SSSR count). The number of nitrogens with zero attached hydrogens (tertiary/aromatic N) is 3. The standard InChI is InChI=1S/C25H21N3O2/c1-30-24-14-8-13-23(19-24)28(22-15-17-26-18-16-22)25(29)27(20-9-4-2-5-10-20)21-11-6-3-7-12-21/h2-19H,1H3. The van der Waals surface area contributed by atoms with E-state index in [-0.39, 0.29) is 6.03 Å². The number of pyridine rings is 1. The van der Waals surface area contributed by atoms with Gasteiger partial charge in [0.05, 0.1) is 29.9 Å². The Morgan fingerprint density at radius 1 is 0.667 bits per heavy atom. The second-order valence-corrected chi connectivity index (χ2v) is 6.53. The van der Waals surface area contributed by atoms with Crippen molar-refractivity contribution >= 4 is 28.8 Å². The molecule has 0 radical (unpaired) electrons. The average molecular weight is 395 g/mol. The summed E-state index contributed by atoms with van der Waals surface area (Å²) in [6.07, 6.45) is 3.34. The van der Waals surface area contributed by atoms with Crippen LogP contribution in [0.3, 0.4) is 0 Å². The van der Waals surface area contributed by atoms with Gasteiger partial charge in [0.1, 0.15) is 5.75 Å². The molecule has 0 N–H and O–H groups in total. The molecular weight excluding hydrogens is 374 g/mol. The first-order valence-electron chi connectivity index (χ1n) is 9.56. The Bertz CT molecular complexity index is 1060. The van der Waals surface area contributed by atoms with Gasteiger partial charge in [0, 0.05) is 18.5 Å². The first-order valence-corrected chi connectivity index (χ1v) is 9.56. The van der Waals surface area contributed by atoms with Crippen LogP contribution < -0.4 is 14.5 Å². The van der Waals surface area contributed by atoms with Crippen LogP contribution in [0, 0.1) is 0 Å². The molecule has 0 saturated heterocycles. The number of methoxy groups -OCH3 is 1. The molecule has 0 aliphatic rings. The van der Waals surface area contributed by atoms with Gasteiger partial charge in [0.25, 0.3) is 0 Å². The van der Waals surface area contributed by atoms with Crippen LogP contribution in [0.4, 0.5) is 27.5 Å². The SMILES string of the molecule is COc1cccc(N(C(=O)N(c2ccccc2)c2ccccc2)c2ccncc2)c1. The predicted octanol–water partition coefficient (Wildman–Crippen LogP) is 6.19. The van der Waals surface area contributed by atoms with Gasteiger partial charge in [-0.15, -0.1) is 0 Å².